The third-order valence-electron chi connectivity index (χ3n) is 1.60. The van der Waals surface area contributed by atoms with Crippen molar-refractivity contribution in [3.63, 3.8) is 0 Å². The van der Waals surface area contributed by atoms with Gasteiger partial charge in [-0.2, -0.15) is 5.10 Å². The maximum Gasteiger partial charge on any atom is 0.211 e. The van der Waals surface area contributed by atoms with Crippen LogP contribution >= 0.6 is 15.9 Å². The zero-order chi connectivity index (χ0) is 11.3. The number of nitrogens with two attached hydrogens (primary N) is 2. The van der Waals surface area contributed by atoms with Crippen molar-refractivity contribution in [2.24, 2.45) is 21.7 Å². The molecule has 0 aliphatic heterocycles. The Morgan fingerprint density at radius 1 is 1.47 bits per heavy atom. The Kier molecular flexibility index (Phi) is 4.23. The maximum atomic E-state index is 13.3. The van der Waals surface area contributed by atoms with E-state index in [9.17, 15) is 4.39 Å². The molecule has 6 heteroatoms. The second-order valence-electron chi connectivity index (χ2n) is 2.75. The number of rotatable bonds is 3. The van der Waals surface area contributed by atoms with Crippen LogP contribution in [0.1, 0.15) is 11.1 Å². The molecule has 15 heavy (non-hydrogen) atoms. The second kappa shape index (κ2) is 5.45. The third-order valence-corrected chi connectivity index (χ3v) is 2.21. The van der Waals surface area contributed by atoms with Gasteiger partial charge >= 0.3 is 0 Å². The van der Waals surface area contributed by atoms with Crippen LogP contribution in [0.3, 0.4) is 0 Å². The van der Waals surface area contributed by atoms with Gasteiger partial charge in [-0.1, -0.05) is 28.1 Å². The van der Waals surface area contributed by atoms with Crippen molar-refractivity contribution in [1.29, 1.82) is 0 Å². The first-order chi connectivity index (χ1) is 7.13. The molecule has 0 atom stereocenters. The summed E-state index contributed by atoms with van der Waals surface area (Å²) in [6.07, 6.45) is 1.38. The van der Waals surface area contributed by atoms with Crippen LogP contribution in [0.25, 0.3) is 0 Å². The monoisotopic (exact) mass is 272 g/mol. The molecule has 0 unspecified atom stereocenters. The lowest BCUT2D eigenvalue weighted by Gasteiger charge is -1.98. The highest BCUT2D eigenvalue weighted by molar-refractivity contribution is 9.08. The van der Waals surface area contributed by atoms with E-state index in [4.69, 9.17) is 11.5 Å². The Morgan fingerprint density at radius 2 is 2.20 bits per heavy atom. The fourth-order valence-electron chi connectivity index (χ4n) is 0.914. The van der Waals surface area contributed by atoms with Crippen molar-refractivity contribution in [2.75, 3.05) is 0 Å². The molecular formula is C9H10BrFN4. The van der Waals surface area contributed by atoms with Crippen molar-refractivity contribution < 1.29 is 4.39 Å². The number of hydrogen-bond acceptors (Lipinski definition) is 2. The topological polar surface area (TPSA) is 76.8 Å². The fourth-order valence-corrected chi connectivity index (χ4v) is 1.37. The van der Waals surface area contributed by atoms with Gasteiger partial charge in [-0.15, -0.1) is 5.10 Å². The zero-order valence-corrected chi connectivity index (χ0v) is 9.41. The van der Waals surface area contributed by atoms with E-state index in [1.165, 1.54) is 12.3 Å². The van der Waals surface area contributed by atoms with Gasteiger partial charge in [0.25, 0.3) is 0 Å². The molecular weight excluding hydrogens is 263 g/mol. The molecule has 0 radical (unpaired) electrons. The van der Waals surface area contributed by atoms with Gasteiger partial charge in [0.05, 0.1) is 6.21 Å². The van der Waals surface area contributed by atoms with Gasteiger partial charge in [-0.25, -0.2) is 4.39 Å². The van der Waals surface area contributed by atoms with Crippen molar-refractivity contribution in [3.05, 3.63) is 35.1 Å². The zero-order valence-electron chi connectivity index (χ0n) is 7.82. The smallest absolute Gasteiger partial charge is 0.211 e. The predicted molar refractivity (Wildman–Crippen MR) is 62.4 cm³/mol. The van der Waals surface area contributed by atoms with Gasteiger partial charge in [-0.05, 0) is 17.2 Å². The fraction of sp³-hybridized carbons (Fsp3) is 0.111. The molecule has 4 N–H and O–H groups in total. The average Bonchev–Trinajstić information content (AvgIpc) is 2.17. The number of halogens is 2. The summed E-state index contributed by atoms with van der Waals surface area (Å²) in [6.45, 7) is 0. The molecule has 0 saturated carbocycles. The highest BCUT2D eigenvalue weighted by atomic mass is 79.9. The first kappa shape index (κ1) is 11.6. The molecule has 0 amide bonds. The molecule has 0 saturated heterocycles. The molecule has 1 aromatic carbocycles. The molecule has 0 spiro atoms. The van der Waals surface area contributed by atoms with Gasteiger partial charge in [0.1, 0.15) is 5.82 Å². The predicted octanol–water partition coefficient (Wildman–Crippen LogP) is 1.33. The van der Waals surface area contributed by atoms with Crippen LogP contribution in [0.4, 0.5) is 4.39 Å². The van der Waals surface area contributed by atoms with Crippen molar-refractivity contribution in [2.45, 2.75) is 5.33 Å². The van der Waals surface area contributed by atoms with E-state index in [1.807, 2.05) is 0 Å². The van der Waals surface area contributed by atoms with Crippen molar-refractivity contribution in [3.8, 4) is 0 Å². The number of benzene rings is 1. The lowest BCUT2D eigenvalue weighted by atomic mass is 10.1. The quantitative estimate of drug-likeness (QED) is 0.377. The van der Waals surface area contributed by atoms with Crippen LogP contribution in [-0.4, -0.2) is 12.2 Å². The van der Waals surface area contributed by atoms with Crippen LogP contribution in [0, 0.1) is 5.82 Å². The van der Waals surface area contributed by atoms with E-state index in [1.54, 1.807) is 12.1 Å². The van der Waals surface area contributed by atoms with E-state index in [-0.39, 0.29) is 11.8 Å². The Hall–Kier alpha value is -1.43. The summed E-state index contributed by atoms with van der Waals surface area (Å²) in [5.41, 5.74) is 11.3. The largest absolute Gasteiger partial charge is 0.369 e. The van der Waals surface area contributed by atoms with E-state index < -0.39 is 0 Å². The molecule has 0 aliphatic carbocycles. The Bertz CT molecular complexity index is 399. The average molecular weight is 273 g/mol. The lowest BCUT2D eigenvalue weighted by molar-refractivity contribution is 0.617. The van der Waals surface area contributed by atoms with Crippen molar-refractivity contribution in [1.82, 2.24) is 0 Å². The highest BCUT2D eigenvalue weighted by Gasteiger charge is 2.00. The van der Waals surface area contributed by atoms with Gasteiger partial charge in [-0.3, -0.25) is 0 Å². The molecule has 4 nitrogen and oxygen atoms in total. The summed E-state index contributed by atoms with van der Waals surface area (Å²) in [6, 6.07) is 4.76. The Balaban J connectivity index is 2.84. The minimum Gasteiger partial charge on any atom is -0.369 e. The van der Waals surface area contributed by atoms with Crippen LogP contribution < -0.4 is 11.5 Å². The molecule has 1 aromatic rings. The number of nitrogens with zero attached hydrogens (tertiary/aromatic N) is 2. The standard InChI is InChI=1S/C9H10BrFN4/c10-4-7-2-1-6(3-8(7)11)5-14-15-9(12)13/h1-3,5H,4H2,(H4,12,13,15). The molecule has 80 valence electrons. The molecule has 0 fully saturated rings. The molecule has 0 heterocycles. The summed E-state index contributed by atoms with van der Waals surface area (Å²) in [5.74, 6) is -0.427. The van der Waals surface area contributed by atoms with E-state index in [0.29, 0.717) is 16.5 Å². The summed E-state index contributed by atoms with van der Waals surface area (Å²) >= 11 is 3.18. The number of guanidine groups is 1. The summed E-state index contributed by atoms with van der Waals surface area (Å²) in [5, 5.41) is 7.45. The van der Waals surface area contributed by atoms with Gasteiger partial charge in [0.15, 0.2) is 0 Å². The normalized spacial score (nSPS) is 10.5. The van der Waals surface area contributed by atoms with Gasteiger partial charge in [0, 0.05) is 5.33 Å². The van der Waals surface area contributed by atoms with Crippen molar-refractivity contribution >= 4 is 28.1 Å². The van der Waals surface area contributed by atoms with E-state index in [2.05, 4.69) is 26.1 Å². The first-order valence-corrected chi connectivity index (χ1v) is 5.22. The summed E-state index contributed by atoms with van der Waals surface area (Å²) in [4.78, 5) is 0. The van der Waals surface area contributed by atoms with Crippen LogP contribution in [0.2, 0.25) is 0 Å². The first-order valence-electron chi connectivity index (χ1n) is 4.10. The van der Waals surface area contributed by atoms with Gasteiger partial charge in [0.2, 0.25) is 5.96 Å². The van der Waals surface area contributed by atoms with Crippen LogP contribution in [-0.2, 0) is 5.33 Å². The van der Waals surface area contributed by atoms with E-state index >= 15 is 0 Å². The van der Waals surface area contributed by atoms with E-state index in [0.717, 1.165) is 0 Å². The molecule has 0 aliphatic rings. The van der Waals surface area contributed by atoms with Crippen LogP contribution in [0.15, 0.2) is 28.4 Å². The Morgan fingerprint density at radius 3 is 2.73 bits per heavy atom. The molecule has 0 bridgehead atoms. The molecule has 0 aromatic heterocycles. The SMILES string of the molecule is NC(N)=NN=Cc1ccc(CBr)c(F)c1. The lowest BCUT2D eigenvalue weighted by Crippen LogP contribution is -2.21. The van der Waals surface area contributed by atoms with Gasteiger partial charge < -0.3 is 11.5 Å². The highest BCUT2D eigenvalue weighted by Crippen LogP contribution is 2.12. The summed E-state index contributed by atoms with van der Waals surface area (Å²) < 4.78 is 13.3. The minimum absolute atomic E-state index is 0.135. The van der Waals surface area contributed by atoms with Crippen LogP contribution in [0.5, 0.6) is 0 Å². The Labute approximate surface area is 95.0 Å². The second-order valence-corrected chi connectivity index (χ2v) is 3.31. The molecule has 1 rings (SSSR count). The summed E-state index contributed by atoms with van der Waals surface area (Å²) in [7, 11) is 0. The number of hydrogen-bond donors (Lipinski definition) is 2. The minimum atomic E-state index is -0.291. The number of alkyl halides is 1. The maximum absolute atomic E-state index is 13.3. The third kappa shape index (κ3) is 3.67.